The maximum Gasteiger partial charge on any atom is 0.411 e. The zero-order chi connectivity index (χ0) is 15.5. The molecule has 0 aliphatic heterocycles. The predicted octanol–water partition coefficient (Wildman–Crippen LogP) is 2.56. The Labute approximate surface area is 121 Å². The van der Waals surface area contributed by atoms with Gasteiger partial charge in [-0.25, -0.2) is 0 Å². The van der Waals surface area contributed by atoms with Gasteiger partial charge in [-0.3, -0.25) is 0 Å². The number of nitrogens with zero attached hydrogens (tertiary/aromatic N) is 2. The van der Waals surface area contributed by atoms with E-state index in [1.165, 1.54) is 0 Å². The van der Waals surface area contributed by atoms with Crippen molar-refractivity contribution in [2.45, 2.75) is 50.7 Å². The Hall–Kier alpha value is -1.15. The van der Waals surface area contributed by atoms with Gasteiger partial charge in [-0.1, -0.05) is 12.1 Å². The van der Waals surface area contributed by atoms with Crippen molar-refractivity contribution in [3.05, 3.63) is 11.7 Å². The van der Waals surface area contributed by atoms with E-state index in [0.29, 0.717) is 11.7 Å². The second-order valence-corrected chi connectivity index (χ2v) is 5.77. The van der Waals surface area contributed by atoms with Crippen molar-refractivity contribution in [2.75, 3.05) is 13.2 Å². The van der Waals surface area contributed by atoms with E-state index in [1.54, 1.807) is 0 Å². The highest BCUT2D eigenvalue weighted by Crippen LogP contribution is 2.35. The molecule has 1 heterocycles. The quantitative estimate of drug-likeness (QED) is 0.846. The van der Waals surface area contributed by atoms with Gasteiger partial charge >= 0.3 is 6.18 Å². The lowest BCUT2D eigenvalue weighted by Crippen LogP contribution is -2.41. The lowest BCUT2D eigenvalue weighted by Gasteiger charge is -2.33. The van der Waals surface area contributed by atoms with Crippen molar-refractivity contribution >= 4 is 0 Å². The van der Waals surface area contributed by atoms with Gasteiger partial charge < -0.3 is 15.0 Å². The van der Waals surface area contributed by atoms with Crippen LogP contribution in [0, 0.1) is 5.92 Å². The molecular weight excluding hydrogens is 287 g/mol. The fraction of sp³-hybridized carbons (Fsp3) is 0.846. The molecule has 1 aliphatic rings. The molecule has 0 bridgehead atoms. The summed E-state index contributed by atoms with van der Waals surface area (Å²) in [5.41, 5.74) is 5.72. The standard InChI is InChI=1S/C13H20F3N3O2/c1-9-2-5-12(17,6-3-9)11-18-10(21-19-11)4-7-20-8-13(14,15)16/h9H,2-8,17H2,1H3. The Balaban J connectivity index is 1.84. The summed E-state index contributed by atoms with van der Waals surface area (Å²) in [7, 11) is 0. The Kier molecular flexibility index (Phi) is 4.88. The molecule has 0 saturated heterocycles. The minimum Gasteiger partial charge on any atom is -0.372 e. The maximum absolute atomic E-state index is 11.9. The highest BCUT2D eigenvalue weighted by molar-refractivity contribution is 5.05. The van der Waals surface area contributed by atoms with Crippen LogP contribution < -0.4 is 5.73 Å². The van der Waals surface area contributed by atoms with Crippen LogP contribution in [-0.4, -0.2) is 29.5 Å². The fourth-order valence-corrected chi connectivity index (χ4v) is 2.41. The molecular formula is C13H20F3N3O2. The monoisotopic (exact) mass is 307 g/mol. The number of hydrogen-bond donors (Lipinski definition) is 1. The van der Waals surface area contributed by atoms with E-state index in [1.807, 2.05) is 0 Å². The molecule has 0 atom stereocenters. The van der Waals surface area contributed by atoms with Crippen molar-refractivity contribution in [1.82, 2.24) is 10.1 Å². The smallest absolute Gasteiger partial charge is 0.372 e. The van der Waals surface area contributed by atoms with Gasteiger partial charge in [-0.2, -0.15) is 18.2 Å². The van der Waals surface area contributed by atoms with Gasteiger partial charge in [0.05, 0.1) is 18.6 Å². The zero-order valence-electron chi connectivity index (χ0n) is 11.9. The first-order valence-corrected chi connectivity index (χ1v) is 7.05. The largest absolute Gasteiger partial charge is 0.411 e. The van der Waals surface area contributed by atoms with E-state index in [9.17, 15) is 13.2 Å². The fourth-order valence-electron chi connectivity index (χ4n) is 2.41. The number of ether oxygens (including phenoxy) is 1. The van der Waals surface area contributed by atoms with Gasteiger partial charge in [-0.15, -0.1) is 0 Å². The van der Waals surface area contributed by atoms with E-state index in [-0.39, 0.29) is 18.9 Å². The molecule has 1 fully saturated rings. The summed E-state index contributed by atoms with van der Waals surface area (Å²) >= 11 is 0. The number of alkyl halides is 3. The van der Waals surface area contributed by atoms with E-state index >= 15 is 0 Å². The second-order valence-electron chi connectivity index (χ2n) is 5.77. The summed E-state index contributed by atoms with van der Waals surface area (Å²) in [5, 5.41) is 3.88. The lowest BCUT2D eigenvalue weighted by atomic mass is 9.77. The molecule has 1 aliphatic carbocycles. The van der Waals surface area contributed by atoms with Crippen molar-refractivity contribution < 1.29 is 22.4 Å². The number of aromatic nitrogens is 2. The summed E-state index contributed by atoms with van der Waals surface area (Å²) in [4.78, 5) is 4.20. The van der Waals surface area contributed by atoms with Crippen molar-refractivity contribution in [3.63, 3.8) is 0 Å². The van der Waals surface area contributed by atoms with Crippen molar-refractivity contribution in [1.29, 1.82) is 0 Å². The van der Waals surface area contributed by atoms with Crippen LogP contribution in [-0.2, 0) is 16.7 Å². The van der Waals surface area contributed by atoms with Gasteiger partial charge in [-0.05, 0) is 31.6 Å². The molecule has 1 aromatic heterocycles. The third kappa shape index (κ3) is 4.67. The van der Waals surface area contributed by atoms with E-state index in [2.05, 4.69) is 21.8 Å². The molecule has 2 rings (SSSR count). The summed E-state index contributed by atoms with van der Waals surface area (Å²) in [6, 6.07) is 0. The highest BCUT2D eigenvalue weighted by Gasteiger charge is 2.36. The molecule has 1 saturated carbocycles. The van der Waals surface area contributed by atoms with E-state index in [0.717, 1.165) is 25.7 Å². The SMILES string of the molecule is CC1CCC(N)(c2noc(CCOCC(F)(F)F)n2)CC1. The number of rotatable bonds is 5. The van der Waals surface area contributed by atoms with Crippen LogP contribution in [0.4, 0.5) is 13.2 Å². The maximum atomic E-state index is 11.9. The van der Waals surface area contributed by atoms with Crippen LogP contribution in [0.15, 0.2) is 4.52 Å². The predicted molar refractivity (Wildman–Crippen MR) is 68.4 cm³/mol. The topological polar surface area (TPSA) is 74.2 Å². The van der Waals surface area contributed by atoms with Crippen LogP contribution in [0.1, 0.15) is 44.3 Å². The zero-order valence-corrected chi connectivity index (χ0v) is 11.9. The van der Waals surface area contributed by atoms with E-state index in [4.69, 9.17) is 10.3 Å². The van der Waals surface area contributed by atoms with Crippen molar-refractivity contribution in [3.8, 4) is 0 Å². The van der Waals surface area contributed by atoms with Crippen LogP contribution in [0.3, 0.4) is 0 Å². The first kappa shape index (κ1) is 16.2. The Morgan fingerprint density at radius 2 is 2.05 bits per heavy atom. The Morgan fingerprint density at radius 1 is 1.38 bits per heavy atom. The summed E-state index contributed by atoms with van der Waals surface area (Å²) in [5.74, 6) is 1.35. The third-order valence-electron chi connectivity index (χ3n) is 3.81. The van der Waals surface area contributed by atoms with Gasteiger partial charge in [0.25, 0.3) is 0 Å². The van der Waals surface area contributed by atoms with Crippen molar-refractivity contribution in [2.24, 2.45) is 11.7 Å². The third-order valence-corrected chi connectivity index (χ3v) is 3.81. The first-order valence-electron chi connectivity index (χ1n) is 7.05. The molecule has 5 nitrogen and oxygen atoms in total. The van der Waals surface area contributed by atoms with Crippen LogP contribution in [0.25, 0.3) is 0 Å². The molecule has 120 valence electrons. The molecule has 0 radical (unpaired) electrons. The Bertz CT molecular complexity index is 454. The summed E-state index contributed by atoms with van der Waals surface area (Å²) in [6.07, 6.45) is -0.574. The lowest BCUT2D eigenvalue weighted by molar-refractivity contribution is -0.173. The molecule has 1 aromatic rings. The molecule has 0 spiro atoms. The number of nitrogens with two attached hydrogens (primary N) is 1. The summed E-state index contributed by atoms with van der Waals surface area (Å²) in [6.45, 7) is 0.793. The molecule has 0 aromatic carbocycles. The van der Waals surface area contributed by atoms with Crippen LogP contribution in [0.5, 0.6) is 0 Å². The molecule has 8 heteroatoms. The van der Waals surface area contributed by atoms with Crippen LogP contribution >= 0.6 is 0 Å². The van der Waals surface area contributed by atoms with Gasteiger partial charge in [0.15, 0.2) is 5.82 Å². The van der Waals surface area contributed by atoms with E-state index < -0.39 is 18.3 Å². The summed E-state index contributed by atoms with van der Waals surface area (Å²) < 4.78 is 45.3. The number of halogens is 3. The normalized spacial score (nSPS) is 27.0. The minimum atomic E-state index is -4.32. The van der Waals surface area contributed by atoms with Crippen LogP contribution in [0.2, 0.25) is 0 Å². The highest BCUT2D eigenvalue weighted by atomic mass is 19.4. The van der Waals surface area contributed by atoms with Gasteiger partial charge in [0.2, 0.25) is 5.89 Å². The average molecular weight is 307 g/mol. The minimum absolute atomic E-state index is 0.115. The van der Waals surface area contributed by atoms with Gasteiger partial charge in [0, 0.05) is 0 Å². The molecule has 0 amide bonds. The molecule has 21 heavy (non-hydrogen) atoms. The Morgan fingerprint density at radius 3 is 2.67 bits per heavy atom. The van der Waals surface area contributed by atoms with Gasteiger partial charge in [0.1, 0.15) is 6.61 Å². The average Bonchev–Trinajstić information content (AvgIpc) is 2.87. The first-order chi connectivity index (χ1) is 9.78. The molecule has 0 unspecified atom stereocenters. The second kappa shape index (κ2) is 6.31. The molecule has 2 N–H and O–H groups in total. The number of hydrogen-bond acceptors (Lipinski definition) is 5.